The molecule has 2 amide bonds. The van der Waals surface area contributed by atoms with Crippen molar-refractivity contribution >= 4 is 12.0 Å². The molecule has 0 fully saturated rings. The molecule has 0 aliphatic rings. The molecule has 2 aromatic rings. The Hall–Kier alpha value is -3.76. The summed E-state index contributed by atoms with van der Waals surface area (Å²) in [5, 5.41) is 23.6. The molecule has 0 saturated heterocycles. The van der Waals surface area contributed by atoms with Crippen LogP contribution < -0.4 is 25.7 Å². The van der Waals surface area contributed by atoms with E-state index in [1.165, 1.54) is 28.1 Å². The summed E-state index contributed by atoms with van der Waals surface area (Å²) in [6.07, 6.45) is -1.35. The van der Waals surface area contributed by atoms with Gasteiger partial charge in [0, 0.05) is 12.1 Å². The van der Waals surface area contributed by atoms with Crippen molar-refractivity contribution in [1.82, 2.24) is 20.6 Å². The molecule has 2 rings (SSSR count). The fourth-order valence-electron chi connectivity index (χ4n) is 2.60. The number of carbonyl (C=O) groups is 2. The van der Waals surface area contributed by atoms with Gasteiger partial charge in [-0.1, -0.05) is 12.1 Å². The molecule has 0 spiro atoms. The number of H-pyrrole nitrogens is 1. The highest BCUT2D eigenvalue weighted by atomic mass is 16.5. The molecule has 1 heterocycles. The predicted molar refractivity (Wildman–Crippen MR) is 101 cm³/mol. The van der Waals surface area contributed by atoms with E-state index in [2.05, 4.69) is 20.6 Å². The van der Waals surface area contributed by atoms with Gasteiger partial charge in [0.2, 0.25) is 5.75 Å². The molecule has 0 radical (unpaired) electrons. The van der Waals surface area contributed by atoms with Crippen LogP contribution in [0.4, 0.5) is 4.79 Å². The number of aromatic hydroxyl groups is 1. The molecule has 1 aromatic heterocycles. The van der Waals surface area contributed by atoms with Crippen LogP contribution in [0.15, 0.2) is 23.0 Å². The molecule has 0 unspecified atom stereocenters. The van der Waals surface area contributed by atoms with Gasteiger partial charge < -0.3 is 35.3 Å². The van der Waals surface area contributed by atoms with Crippen molar-refractivity contribution in [3.8, 4) is 17.2 Å². The van der Waals surface area contributed by atoms with Gasteiger partial charge in [0.15, 0.2) is 17.2 Å². The number of para-hydroxylation sites is 1. The first-order valence-electron chi connectivity index (χ1n) is 8.43. The Bertz CT molecular complexity index is 985. The standard InChI is InChI=1S/C18H22N4O7/c1-18(2,22-17(26)27)16-20-11(12(23)15(25)21-16)14(24)19-8-9-6-5-7-10(28-3)13(9)29-4/h5-7,22-23H,8H2,1-4H3,(H,19,24)(H,26,27)(H,20,21,25). The molecule has 0 bridgehead atoms. The van der Waals surface area contributed by atoms with Crippen LogP contribution in [0, 0.1) is 0 Å². The number of rotatable bonds is 7. The lowest BCUT2D eigenvalue weighted by molar-refractivity contribution is 0.0941. The van der Waals surface area contributed by atoms with E-state index in [0.717, 1.165) is 0 Å². The molecule has 0 atom stereocenters. The van der Waals surface area contributed by atoms with E-state index < -0.39 is 34.5 Å². The Morgan fingerprint density at radius 1 is 1.24 bits per heavy atom. The Balaban J connectivity index is 2.32. The Morgan fingerprint density at radius 3 is 2.52 bits per heavy atom. The lowest BCUT2D eigenvalue weighted by Crippen LogP contribution is -2.43. The minimum atomic E-state index is -1.35. The van der Waals surface area contributed by atoms with Crippen molar-refractivity contribution in [2.45, 2.75) is 25.9 Å². The van der Waals surface area contributed by atoms with Crippen LogP contribution in [0.5, 0.6) is 17.2 Å². The third-order valence-corrected chi connectivity index (χ3v) is 4.05. The quantitative estimate of drug-likeness (QED) is 0.453. The van der Waals surface area contributed by atoms with Gasteiger partial charge in [-0.3, -0.25) is 9.59 Å². The largest absolute Gasteiger partial charge is 0.501 e. The number of carboxylic acid groups (broad SMARTS) is 1. The molecular formula is C18H22N4O7. The normalized spacial score (nSPS) is 10.9. The van der Waals surface area contributed by atoms with Crippen LogP contribution in [-0.4, -0.2) is 46.4 Å². The molecule has 29 heavy (non-hydrogen) atoms. The summed E-state index contributed by atoms with van der Waals surface area (Å²) in [5.41, 5.74) is -2.23. The number of benzene rings is 1. The highest BCUT2D eigenvalue weighted by Crippen LogP contribution is 2.30. The van der Waals surface area contributed by atoms with Crippen LogP contribution >= 0.6 is 0 Å². The number of carbonyl (C=O) groups excluding carboxylic acids is 1. The summed E-state index contributed by atoms with van der Waals surface area (Å²) in [6.45, 7) is 2.89. The Kier molecular flexibility index (Phi) is 6.32. The molecule has 0 aliphatic heterocycles. The van der Waals surface area contributed by atoms with Crippen LogP contribution in [0.25, 0.3) is 0 Å². The lowest BCUT2D eigenvalue weighted by atomic mass is 10.0. The number of nitrogens with one attached hydrogen (secondary N) is 3. The van der Waals surface area contributed by atoms with Gasteiger partial charge in [-0.05, 0) is 19.9 Å². The smallest absolute Gasteiger partial charge is 0.405 e. The number of methoxy groups -OCH3 is 2. The van der Waals surface area contributed by atoms with E-state index in [9.17, 15) is 19.5 Å². The van der Waals surface area contributed by atoms with Crippen LogP contribution in [-0.2, 0) is 12.1 Å². The molecule has 1 aromatic carbocycles. The first-order chi connectivity index (χ1) is 13.6. The lowest BCUT2D eigenvalue weighted by Gasteiger charge is -2.23. The third-order valence-electron chi connectivity index (χ3n) is 4.05. The zero-order valence-corrected chi connectivity index (χ0v) is 16.3. The minimum absolute atomic E-state index is 0.000766. The van der Waals surface area contributed by atoms with Gasteiger partial charge >= 0.3 is 6.09 Å². The first-order valence-corrected chi connectivity index (χ1v) is 8.43. The maximum atomic E-state index is 12.6. The van der Waals surface area contributed by atoms with Gasteiger partial charge in [-0.15, -0.1) is 0 Å². The predicted octanol–water partition coefficient (Wildman–Crippen LogP) is 0.925. The van der Waals surface area contributed by atoms with E-state index in [1.807, 2.05) is 0 Å². The average Bonchev–Trinajstić information content (AvgIpc) is 2.66. The molecule has 5 N–H and O–H groups in total. The minimum Gasteiger partial charge on any atom is -0.501 e. The second-order valence-electron chi connectivity index (χ2n) is 6.50. The number of aromatic nitrogens is 2. The SMILES string of the molecule is COc1cccc(CNC(=O)c2nc(C(C)(C)NC(=O)O)[nH]c(=O)c2O)c1OC. The summed E-state index contributed by atoms with van der Waals surface area (Å²) in [7, 11) is 2.93. The molecule has 156 valence electrons. The summed E-state index contributed by atoms with van der Waals surface area (Å²) in [4.78, 5) is 41.7. The molecule has 0 saturated carbocycles. The Labute approximate surface area is 165 Å². The highest BCUT2D eigenvalue weighted by Gasteiger charge is 2.29. The first kappa shape index (κ1) is 21.5. The fraction of sp³-hybridized carbons (Fsp3) is 0.333. The average molecular weight is 406 g/mol. The number of hydrogen-bond donors (Lipinski definition) is 5. The van der Waals surface area contributed by atoms with Crippen molar-refractivity contribution in [1.29, 1.82) is 0 Å². The summed E-state index contributed by atoms with van der Waals surface area (Å²) in [6, 6.07) is 5.11. The molecule has 11 heteroatoms. The van der Waals surface area contributed by atoms with Crippen molar-refractivity contribution in [3.63, 3.8) is 0 Å². The molecule has 11 nitrogen and oxygen atoms in total. The van der Waals surface area contributed by atoms with E-state index in [1.54, 1.807) is 18.2 Å². The van der Waals surface area contributed by atoms with Crippen LogP contribution in [0.2, 0.25) is 0 Å². The number of amides is 2. The second-order valence-corrected chi connectivity index (χ2v) is 6.50. The van der Waals surface area contributed by atoms with Crippen molar-refractivity contribution in [2.24, 2.45) is 0 Å². The summed E-state index contributed by atoms with van der Waals surface area (Å²) >= 11 is 0. The monoisotopic (exact) mass is 406 g/mol. The summed E-state index contributed by atoms with van der Waals surface area (Å²) in [5.74, 6) is -0.946. The zero-order valence-electron chi connectivity index (χ0n) is 16.3. The van der Waals surface area contributed by atoms with E-state index in [0.29, 0.717) is 17.1 Å². The van der Waals surface area contributed by atoms with Crippen LogP contribution in [0.3, 0.4) is 0 Å². The van der Waals surface area contributed by atoms with Gasteiger partial charge in [-0.25, -0.2) is 9.78 Å². The maximum absolute atomic E-state index is 12.6. The van der Waals surface area contributed by atoms with Gasteiger partial charge in [0.1, 0.15) is 5.82 Å². The van der Waals surface area contributed by atoms with E-state index in [-0.39, 0.29) is 12.4 Å². The molecular weight excluding hydrogens is 384 g/mol. The Morgan fingerprint density at radius 2 is 1.93 bits per heavy atom. The van der Waals surface area contributed by atoms with E-state index in [4.69, 9.17) is 14.6 Å². The van der Waals surface area contributed by atoms with Gasteiger partial charge in [-0.2, -0.15) is 0 Å². The zero-order chi connectivity index (χ0) is 21.8. The van der Waals surface area contributed by atoms with Crippen molar-refractivity contribution < 1.29 is 29.3 Å². The van der Waals surface area contributed by atoms with Crippen molar-refractivity contribution in [3.05, 3.63) is 45.6 Å². The highest BCUT2D eigenvalue weighted by molar-refractivity contribution is 5.94. The van der Waals surface area contributed by atoms with Crippen LogP contribution in [0.1, 0.15) is 35.7 Å². The maximum Gasteiger partial charge on any atom is 0.405 e. The number of ether oxygens (including phenoxy) is 2. The number of nitrogens with zero attached hydrogens (tertiary/aromatic N) is 1. The molecule has 0 aliphatic carbocycles. The van der Waals surface area contributed by atoms with Gasteiger partial charge in [0.25, 0.3) is 11.5 Å². The second kappa shape index (κ2) is 8.50. The number of hydrogen-bond acceptors (Lipinski definition) is 7. The summed E-state index contributed by atoms with van der Waals surface area (Å²) < 4.78 is 10.5. The topological polar surface area (TPSA) is 163 Å². The van der Waals surface area contributed by atoms with E-state index >= 15 is 0 Å². The fourth-order valence-corrected chi connectivity index (χ4v) is 2.60. The van der Waals surface area contributed by atoms with Crippen molar-refractivity contribution in [2.75, 3.05) is 14.2 Å². The van der Waals surface area contributed by atoms with Gasteiger partial charge in [0.05, 0.1) is 19.8 Å². The number of aromatic amines is 1. The third kappa shape index (κ3) is 4.75.